The first kappa shape index (κ1) is 24.3. The topological polar surface area (TPSA) is 131 Å². The molecule has 4 rings (SSSR count). The molecule has 0 aromatic heterocycles. The van der Waals surface area contributed by atoms with Crippen LogP contribution in [0.4, 0.5) is 17.1 Å². The smallest absolute Gasteiger partial charge is 0.307 e. The number of aliphatic carboxylic acids is 1. The number of carbonyl (C=O) groups is 2. The average molecular weight is 489 g/mol. The molecule has 1 amide bonds. The van der Waals surface area contributed by atoms with E-state index in [1.54, 1.807) is 54.6 Å². The summed E-state index contributed by atoms with van der Waals surface area (Å²) in [5, 5.41) is 24.2. The lowest BCUT2D eigenvalue weighted by molar-refractivity contribution is -0.384. The minimum absolute atomic E-state index is 0.0925. The van der Waals surface area contributed by atoms with Crippen LogP contribution in [0.3, 0.4) is 0 Å². The number of nitrogens with zero attached hydrogens (tertiary/aromatic N) is 2. The van der Waals surface area contributed by atoms with Gasteiger partial charge in [0.05, 0.1) is 31.6 Å². The van der Waals surface area contributed by atoms with Crippen molar-refractivity contribution in [3.63, 3.8) is 0 Å². The van der Waals surface area contributed by atoms with Gasteiger partial charge in [0, 0.05) is 23.5 Å². The summed E-state index contributed by atoms with van der Waals surface area (Å²) in [5.41, 5.74) is 1.65. The van der Waals surface area contributed by atoms with Crippen LogP contribution in [-0.4, -0.2) is 36.1 Å². The number of non-ortho nitro benzene ring substituents is 1. The highest BCUT2D eigenvalue weighted by Crippen LogP contribution is 2.43. The Hall–Kier alpha value is -4.86. The molecule has 0 saturated heterocycles. The zero-order valence-electron chi connectivity index (χ0n) is 19.5. The van der Waals surface area contributed by atoms with Gasteiger partial charge in [-0.25, -0.2) is 0 Å². The lowest BCUT2D eigenvalue weighted by Crippen LogP contribution is -2.31. The van der Waals surface area contributed by atoms with Crippen molar-refractivity contribution >= 4 is 28.9 Å². The van der Waals surface area contributed by atoms with Crippen molar-refractivity contribution in [2.75, 3.05) is 24.4 Å². The van der Waals surface area contributed by atoms with Crippen molar-refractivity contribution in [2.45, 2.75) is 12.5 Å². The van der Waals surface area contributed by atoms with Gasteiger partial charge in [0.15, 0.2) is 0 Å². The maximum atomic E-state index is 13.8. The van der Waals surface area contributed by atoms with Gasteiger partial charge in [0.1, 0.15) is 17.2 Å². The van der Waals surface area contributed by atoms with Crippen molar-refractivity contribution < 1.29 is 29.1 Å². The van der Waals surface area contributed by atoms with Crippen LogP contribution in [0.2, 0.25) is 0 Å². The van der Waals surface area contributed by atoms with Crippen molar-refractivity contribution in [2.24, 2.45) is 0 Å². The Kier molecular flexibility index (Phi) is 6.86. The van der Waals surface area contributed by atoms with Crippen LogP contribution in [0, 0.1) is 10.1 Å². The molecule has 1 heterocycles. The second kappa shape index (κ2) is 10.2. The molecule has 2 N–H and O–H groups in total. The van der Waals surface area contributed by atoms with E-state index >= 15 is 0 Å². The molecule has 36 heavy (non-hydrogen) atoms. The third-order valence-corrected chi connectivity index (χ3v) is 5.79. The highest BCUT2D eigenvalue weighted by molar-refractivity contribution is 6.12. The fourth-order valence-electron chi connectivity index (χ4n) is 4.14. The van der Waals surface area contributed by atoms with Crippen LogP contribution in [0.15, 0.2) is 84.1 Å². The van der Waals surface area contributed by atoms with Gasteiger partial charge < -0.3 is 19.9 Å². The Labute approximate surface area is 206 Å². The van der Waals surface area contributed by atoms with Crippen LogP contribution in [0.5, 0.6) is 11.5 Å². The van der Waals surface area contributed by atoms with E-state index in [0.29, 0.717) is 28.4 Å². The molecule has 1 aliphatic heterocycles. The number of hydrogen-bond donors (Lipinski definition) is 2. The minimum atomic E-state index is -1.14. The number of anilines is 2. The van der Waals surface area contributed by atoms with Gasteiger partial charge in [-0.1, -0.05) is 12.1 Å². The maximum absolute atomic E-state index is 13.8. The molecule has 0 fully saturated rings. The lowest BCUT2D eigenvalue weighted by atomic mass is 9.95. The average Bonchev–Trinajstić information content (AvgIpc) is 3.15. The van der Waals surface area contributed by atoms with Gasteiger partial charge in [-0.05, 0) is 59.7 Å². The number of rotatable bonds is 9. The second-order valence-corrected chi connectivity index (χ2v) is 7.95. The number of carbonyl (C=O) groups excluding carboxylic acids is 1. The monoisotopic (exact) mass is 489 g/mol. The van der Waals surface area contributed by atoms with E-state index in [1.165, 1.54) is 37.3 Å². The first-order chi connectivity index (χ1) is 17.3. The summed E-state index contributed by atoms with van der Waals surface area (Å²) >= 11 is 0. The third-order valence-electron chi connectivity index (χ3n) is 5.79. The molecule has 1 atom stereocenters. The van der Waals surface area contributed by atoms with Crippen molar-refractivity contribution in [3.8, 4) is 11.5 Å². The van der Waals surface area contributed by atoms with E-state index in [9.17, 15) is 24.8 Å². The SMILES string of the molecule is COc1ccc(NC2=C(CC(=O)O)C(c3cccc([N+](=O)[O-])c3)N(c3ccc(OC)cc3)C2=O)cc1. The van der Waals surface area contributed by atoms with E-state index in [-0.39, 0.29) is 17.0 Å². The largest absolute Gasteiger partial charge is 0.497 e. The van der Waals surface area contributed by atoms with Crippen LogP contribution >= 0.6 is 0 Å². The molecule has 3 aromatic carbocycles. The highest BCUT2D eigenvalue weighted by Gasteiger charge is 2.42. The predicted octanol–water partition coefficient (Wildman–Crippen LogP) is 4.54. The van der Waals surface area contributed by atoms with Gasteiger partial charge in [0.25, 0.3) is 11.6 Å². The van der Waals surface area contributed by atoms with Gasteiger partial charge in [-0.2, -0.15) is 0 Å². The van der Waals surface area contributed by atoms with Crippen LogP contribution in [0.1, 0.15) is 18.0 Å². The number of carboxylic acids is 1. The van der Waals surface area contributed by atoms with E-state index in [0.717, 1.165) is 0 Å². The minimum Gasteiger partial charge on any atom is -0.497 e. The summed E-state index contributed by atoms with van der Waals surface area (Å²) in [5.74, 6) is -0.414. The first-order valence-corrected chi connectivity index (χ1v) is 10.9. The molecular formula is C26H23N3O7. The second-order valence-electron chi connectivity index (χ2n) is 7.95. The predicted molar refractivity (Wildman–Crippen MR) is 132 cm³/mol. The summed E-state index contributed by atoms with van der Waals surface area (Å²) in [4.78, 5) is 38.0. The van der Waals surface area contributed by atoms with Crippen molar-refractivity contribution in [3.05, 3.63) is 99.7 Å². The Morgan fingerprint density at radius 2 is 1.64 bits per heavy atom. The fraction of sp³-hybridized carbons (Fsp3) is 0.154. The Bertz CT molecular complexity index is 1330. The normalized spacial score (nSPS) is 15.1. The summed E-state index contributed by atoms with van der Waals surface area (Å²) in [7, 11) is 3.05. The maximum Gasteiger partial charge on any atom is 0.307 e. The Morgan fingerprint density at radius 1 is 1.03 bits per heavy atom. The fourth-order valence-corrected chi connectivity index (χ4v) is 4.14. The highest BCUT2D eigenvalue weighted by atomic mass is 16.6. The van der Waals surface area contributed by atoms with Crippen LogP contribution < -0.4 is 19.7 Å². The van der Waals surface area contributed by atoms with E-state index in [4.69, 9.17) is 9.47 Å². The van der Waals surface area contributed by atoms with Crippen LogP contribution in [0.25, 0.3) is 0 Å². The van der Waals surface area contributed by atoms with Crippen LogP contribution in [-0.2, 0) is 9.59 Å². The molecule has 1 unspecified atom stereocenters. The Balaban J connectivity index is 1.87. The number of ether oxygens (including phenoxy) is 2. The first-order valence-electron chi connectivity index (χ1n) is 10.9. The zero-order chi connectivity index (χ0) is 25.8. The molecule has 184 valence electrons. The van der Waals surface area contributed by atoms with Crippen molar-refractivity contribution in [1.29, 1.82) is 0 Å². The molecule has 0 spiro atoms. The van der Waals surface area contributed by atoms with Gasteiger partial charge in [-0.3, -0.25) is 24.6 Å². The summed E-state index contributed by atoms with van der Waals surface area (Å²) in [6.45, 7) is 0. The molecule has 10 heteroatoms. The van der Waals surface area contributed by atoms with E-state index in [1.807, 2.05) is 0 Å². The standard InChI is InChI=1S/C26H23N3O7/c1-35-20-10-6-17(7-11-20)27-24-22(15-23(30)31)25(16-4-3-5-19(14-16)29(33)34)28(26(24)32)18-8-12-21(36-2)13-9-18/h3-14,25,27H,15H2,1-2H3,(H,30,31). The van der Waals surface area contributed by atoms with Gasteiger partial charge >= 0.3 is 5.97 Å². The number of nitro benzene ring substituents is 1. The molecule has 1 aliphatic rings. The number of benzene rings is 3. The van der Waals surface area contributed by atoms with Gasteiger partial charge in [-0.15, -0.1) is 0 Å². The molecule has 10 nitrogen and oxygen atoms in total. The molecular weight excluding hydrogens is 466 g/mol. The third kappa shape index (κ3) is 4.83. The molecule has 0 radical (unpaired) electrons. The van der Waals surface area contributed by atoms with E-state index < -0.39 is 29.3 Å². The molecule has 0 aliphatic carbocycles. The summed E-state index contributed by atoms with van der Waals surface area (Å²) < 4.78 is 10.4. The molecule has 0 saturated carbocycles. The molecule has 0 bridgehead atoms. The zero-order valence-corrected chi connectivity index (χ0v) is 19.5. The molecule has 3 aromatic rings. The number of nitrogens with one attached hydrogen (secondary N) is 1. The quantitative estimate of drug-likeness (QED) is 0.331. The van der Waals surface area contributed by atoms with E-state index in [2.05, 4.69) is 5.32 Å². The number of nitro groups is 1. The number of amides is 1. The summed E-state index contributed by atoms with van der Waals surface area (Å²) in [6.07, 6.45) is -0.454. The number of carboxylic acid groups (broad SMARTS) is 1. The van der Waals surface area contributed by atoms with Gasteiger partial charge in [0.2, 0.25) is 0 Å². The number of methoxy groups -OCH3 is 2. The summed E-state index contributed by atoms with van der Waals surface area (Å²) in [6, 6.07) is 18.5. The van der Waals surface area contributed by atoms with Crippen molar-refractivity contribution in [1.82, 2.24) is 0 Å². The Morgan fingerprint density at radius 3 is 2.19 bits per heavy atom. The number of hydrogen-bond acceptors (Lipinski definition) is 7. The lowest BCUT2D eigenvalue weighted by Gasteiger charge is -2.27.